The van der Waals surface area contributed by atoms with E-state index in [0.717, 1.165) is 25.9 Å². The van der Waals surface area contributed by atoms with Crippen LogP contribution < -0.4 is 0 Å². The van der Waals surface area contributed by atoms with Crippen LogP contribution in [-0.2, 0) is 4.79 Å². The molecule has 2 aliphatic rings. The molecular weight excluding hydrogens is 228 g/mol. The quantitative estimate of drug-likeness (QED) is 0.821. The number of piperidine rings is 1. The zero-order valence-electron chi connectivity index (χ0n) is 11.5. The van der Waals surface area contributed by atoms with Gasteiger partial charge in [0.15, 0.2) is 0 Å². The van der Waals surface area contributed by atoms with Gasteiger partial charge in [-0.1, -0.05) is 0 Å². The second-order valence-electron chi connectivity index (χ2n) is 5.74. The highest BCUT2D eigenvalue weighted by atomic mass is 16.3. The Bertz CT molecular complexity index is 267. The summed E-state index contributed by atoms with van der Waals surface area (Å²) in [6.45, 7) is 6.05. The average molecular weight is 254 g/mol. The fourth-order valence-corrected chi connectivity index (χ4v) is 3.08. The first kappa shape index (κ1) is 13.8. The molecule has 2 rings (SSSR count). The number of carbonyl (C=O) groups excluding carboxylic acids is 1. The summed E-state index contributed by atoms with van der Waals surface area (Å²) in [5.74, 6) is 0.218. The third kappa shape index (κ3) is 3.69. The molecule has 104 valence electrons. The second kappa shape index (κ2) is 6.53. The van der Waals surface area contributed by atoms with E-state index in [0.29, 0.717) is 18.9 Å². The molecule has 4 nitrogen and oxygen atoms in total. The third-order valence-electron chi connectivity index (χ3n) is 4.25. The van der Waals surface area contributed by atoms with Crippen molar-refractivity contribution in [3.63, 3.8) is 0 Å². The molecule has 18 heavy (non-hydrogen) atoms. The molecule has 0 radical (unpaired) electrons. The van der Waals surface area contributed by atoms with Crippen molar-refractivity contribution in [3.05, 3.63) is 0 Å². The van der Waals surface area contributed by atoms with Gasteiger partial charge in [0.25, 0.3) is 0 Å². The van der Waals surface area contributed by atoms with E-state index in [4.69, 9.17) is 0 Å². The molecule has 2 saturated heterocycles. The van der Waals surface area contributed by atoms with E-state index in [-0.39, 0.29) is 12.0 Å². The van der Waals surface area contributed by atoms with Crippen LogP contribution >= 0.6 is 0 Å². The first-order valence-corrected chi connectivity index (χ1v) is 7.36. The maximum absolute atomic E-state index is 11.9. The molecule has 0 bridgehead atoms. The number of rotatable bonds is 4. The summed E-state index contributed by atoms with van der Waals surface area (Å²) < 4.78 is 0. The summed E-state index contributed by atoms with van der Waals surface area (Å²) in [5, 5.41) is 9.21. The molecule has 2 heterocycles. The maximum Gasteiger partial charge on any atom is 0.222 e. The Morgan fingerprint density at radius 2 is 1.83 bits per heavy atom. The fraction of sp³-hybridized carbons (Fsp3) is 0.929. The van der Waals surface area contributed by atoms with E-state index in [9.17, 15) is 9.90 Å². The fourth-order valence-electron chi connectivity index (χ4n) is 3.08. The van der Waals surface area contributed by atoms with E-state index in [1.807, 2.05) is 4.90 Å². The van der Waals surface area contributed by atoms with Crippen LogP contribution in [0.15, 0.2) is 0 Å². The van der Waals surface area contributed by atoms with Crippen molar-refractivity contribution < 1.29 is 9.90 Å². The van der Waals surface area contributed by atoms with Crippen molar-refractivity contribution in [1.82, 2.24) is 9.80 Å². The van der Waals surface area contributed by atoms with Crippen LogP contribution in [0.2, 0.25) is 0 Å². The molecule has 1 N–H and O–H groups in total. The van der Waals surface area contributed by atoms with Crippen LogP contribution in [-0.4, -0.2) is 59.1 Å². The molecule has 0 saturated carbocycles. The van der Waals surface area contributed by atoms with Crippen molar-refractivity contribution in [3.8, 4) is 0 Å². The van der Waals surface area contributed by atoms with Gasteiger partial charge in [0, 0.05) is 25.6 Å². The topological polar surface area (TPSA) is 43.8 Å². The van der Waals surface area contributed by atoms with Crippen molar-refractivity contribution in [2.45, 2.75) is 57.6 Å². The molecule has 0 aromatic rings. The third-order valence-corrected chi connectivity index (χ3v) is 4.25. The van der Waals surface area contributed by atoms with Crippen molar-refractivity contribution >= 4 is 5.91 Å². The minimum Gasteiger partial charge on any atom is -0.393 e. The molecule has 4 heteroatoms. The number of aliphatic hydroxyl groups excluding tert-OH is 1. The van der Waals surface area contributed by atoms with Crippen molar-refractivity contribution in [2.75, 3.05) is 26.2 Å². The lowest BCUT2D eigenvalue weighted by atomic mass is 10.0. The smallest absolute Gasteiger partial charge is 0.222 e. The first-order chi connectivity index (χ1) is 8.66. The van der Waals surface area contributed by atoms with E-state index in [2.05, 4.69) is 4.90 Å². The Kier molecular flexibility index (Phi) is 5.01. The minimum atomic E-state index is -0.365. The second-order valence-corrected chi connectivity index (χ2v) is 5.74. The van der Waals surface area contributed by atoms with Crippen molar-refractivity contribution in [1.29, 1.82) is 0 Å². The molecule has 0 spiro atoms. The number of hydrogen-bond acceptors (Lipinski definition) is 3. The van der Waals surface area contributed by atoms with Crippen LogP contribution in [0.5, 0.6) is 0 Å². The summed E-state index contributed by atoms with van der Waals surface area (Å²) >= 11 is 0. The van der Waals surface area contributed by atoms with Crippen LogP contribution in [0.1, 0.15) is 45.4 Å². The monoisotopic (exact) mass is 254 g/mol. The zero-order chi connectivity index (χ0) is 13.0. The predicted molar refractivity (Wildman–Crippen MR) is 71.3 cm³/mol. The van der Waals surface area contributed by atoms with Gasteiger partial charge >= 0.3 is 0 Å². The first-order valence-electron chi connectivity index (χ1n) is 7.36. The molecule has 0 aromatic heterocycles. The highest BCUT2D eigenvalue weighted by Crippen LogP contribution is 2.21. The largest absolute Gasteiger partial charge is 0.393 e. The van der Waals surface area contributed by atoms with Gasteiger partial charge in [-0.25, -0.2) is 0 Å². The van der Waals surface area contributed by atoms with Crippen LogP contribution in [0.25, 0.3) is 0 Å². The summed E-state index contributed by atoms with van der Waals surface area (Å²) in [6, 6.07) is 0.702. The van der Waals surface area contributed by atoms with Gasteiger partial charge in [-0.05, 0) is 52.1 Å². The highest BCUT2D eigenvalue weighted by Gasteiger charge is 2.27. The van der Waals surface area contributed by atoms with E-state index in [1.165, 1.54) is 25.9 Å². The van der Waals surface area contributed by atoms with Gasteiger partial charge in [0.1, 0.15) is 0 Å². The molecular formula is C14H26N2O2. The standard InChI is InChI=1S/C14H26N2O2/c1-12(17)4-5-14(18)16-10-6-13(7-11-16)15-8-2-3-9-15/h12-13,17H,2-11H2,1H3. The Hall–Kier alpha value is -0.610. The van der Waals surface area contributed by atoms with Gasteiger partial charge in [0.2, 0.25) is 5.91 Å². The molecule has 2 fully saturated rings. The number of amides is 1. The number of likely N-dealkylation sites (tertiary alicyclic amines) is 2. The van der Waals surface area contributed by atoms with Gasteiger partial charge in [-0.15, -0.1) is 0 Å². The van der Waals surface area contributed by atoms with E-state index in [1.54, 1.807) is 6.92 Å². The summed E-state index contributed by atoms with van der Waals surface area (Å²) in [6.07, 6.45) is 5.65. The Morgan fingerprint density at radius 3 is 2.39 bits per heavy atom. The predicted octanol–water partition coefficient (Wildman–Crippen LogP) is 1.23. The van der Waals surface area contributed by atoms with Crippen LogP contribution in [0.4, 0.5) is 0 Å². The van der Waals surface area contributed by atoms with E-state index < -0.39 is 0 Å². The van der Waals surface area contributed by atoms with Crippen LogP contribution in [0.3, 0.4) is 0 Å². The molecule has 1 atom stereocenters. The molecule has 0 aliphatic carbocycles. The Balaban J connectivity index is 1.70. The Morgan fingerprint density at radius 1 is 1.22 bits per heavy atom. The number of carbonyl (C=O) groups is 1. The Labute approximate surface area is 110 Å². The maximum atomic E-state index is 11.9. The summed E-state index contributed by atoms with van der Waals surface area (Å²) in [5.41, 5.74) is 0. The van der Waals surface area contributed by atoms with Gasteiger partial charge < -0.3 is 14.9 Å². The minimum absolute atomic E-state index is 0.218. The summed E-state index contributed by atoms with van der Waals surface area (Å²) in [7, 11) is 0. The van der Waals surface area contributed by atoms with Crippen molar-refractivity contribution in [2.24, 2.45) is 0 Å². The van der Waals surface area contributed by atoms with Crippen LogP contribution in [0, 0.1) is 0 Å². The van der Waals surface area contributed by atoms with E-state index >= 15 is 0 Å². The molecule has 1 amide bonds. The molecule has 0 aromatic carbocycles. The summed E-state index contributed by atoms with van der Waals surface area (Å²) in [4.78, 5) is 16.5. The van der Waals surface area contributed by atoms with Gasteiger partial charge in [-0.2, -0.15) is 0 Å². The molecule has 2 aliphatic heterocycles. The molecule has 1 unspecified atom stereocenters. The zero-order valence-corrected chi connectivity index (χ0v) is 11.5. The average Bonchev–Trinajstić information content (AvgIpc) is 2.90. The number of hydrogen-bond donors (Lipinski definition) is 1. The lowest BCUT2D eigenvalue weighted by molar-refractivity contribution is -0.133. The number of nitrogens with zero attached hydrogens (tertiary/aromatic N) is 2. The number of aliphatic hydroxyl groups is 1. The van der Waals surface area contributed by atoms with Gasteiger partial charge in [0.05, 0.1) is 6.10 Å². The van der Waals surface area contributed by atoms with Gasteiger partial charge in [-0.3, -0.25) is 4.79 Å². The normalized spacial score (nSPS) is 24.4. The highest BCUT2D eigenvalue weighted by molar-refractivity contribution is 5.76. The lowest BCUT2D eigenvalue weighted by Crippen LogP contribution is -2.45. The SMILES string of the molecule is CC(O)CCC(=O)N1CCC(N2CCCC2)CC1. The lowest BCUT2D eigenvalue weighted by Gasteiger charge is -2.36.